The molecule has 0 spiro atoms. The number of rotatable bonds is 5. The van der Waals surface area contributed by atoms with E-state index in [1.54, 1.807) is 12.1 Å². The van der Waals surface area contributed by atoms with Gasteiger partial charge in [0.15, 0.2) is 11.6 Å². The maximum absolute atomic E-state index is 13.2. The van der Waals surface area contributed by atoms with Crippen LogP contribution in [0.15, 0.2) is 18.2 Å². The number of nitrogens with one attached hydrogen (secondary N) is 1. The van der Waals surface area contributed by atoms with Crippen LogP contribution in [0.1, 0.15) is 31.2 Å². The molecule has 0 atom stereocenters. The minimum Gasteiger partial charge on any atom is -0.505 e. The first kappa shape index (κ1) is 13.7. The maximum Gasteiger partial charge on any atom is 0.165 e. The van der Waals surface area contributed by atoms with E-state index in [0.717, 1.165) is 6.54 Å². The van der Waals surface area contributed by atoms with Gasteiger partial charge < -0.3 is 10.4 Å². The molecule has 18 heavy (non-hydrogen) atoms. The molecule has 2 rings (SSSR count). The quantitative estimate of drug-likeness (QED) is 0.860. The third-order valence-electron chi connectivity index (χ3n) is 3.78. The second kappa shape index (κ2) is 5.93. The van der Waals surface area contributed by atoms with Crippen LogP contribution >= 0.6 is 11.8 Å². The van der Waals surface area contributed by atoms with Crippen LogP contribution in [0.2, 0.25) is 0 Å². The standard InChI is InChI=1S/C14H20FNOS/c1-18-14(7-2-3-8-14)10-16-9-11-5-4-6-12(15)13(11)17/h4-6,16-17H,2-3,7-10H2,1H3. The second-order valence-corrected chi connectivity index (χ2v) is 6.22. The molecule has 0 heterocycles. The van der Waals surface area contributed by atoms with Gasteiger partial charge in [-0.1, -0.05) is 25.0 Å². The average Bonchev–Trinajstić information content (AvgIpc) is 2.84. The third kappa shape index (κ3) is 2.98. The lowest BCUT2D eigenvalue weighted by Gasteiger charge is -2.27. The number of thioether (sulfide) groups is 1. The number of halogens is 1. The Morgan fingerprint density at radius 2 is 2.11 bits per heavy atom. The molecule has 0 aliphatic heterocycles. The normalized spacial score (nSPS) is 18.1. The topological polar surface area (TPSA) is 32.3 Å². The summed E-state index contributed by atoms with van der Waals surface area (Å²) in [6.45, 7) is 1.44. The van der Waals surface area contributed by atoms with Crippen molar-refractivity contribution in [2.45, 2.75) is 37.0 Å². The van der Waals surface area contributed by atoms with Crippen LogP contribution in [0.3, 0.4) is 0 Å². The lowest BCUT2D eigenvalue weighted by atomic mass is 10.1. The zero-order valence-electron chi connectivity index (χ0n) is 10.7. The van der Waals surface area contributed by atoms with Gasteiger partial charge in [-0.05, 0) is 25.2 Å². The lowest BCUT2D eigenvalue weighted by molar-refractivity contribution is 0.421. The molecule has 1 saturated carbocycles. The van der Waals surface area contributed by atoms with Crippen molar-refractivity contribution in [1.29, 1.82) is 0 Å². The summed E-state index contributed by atoms with van der Waals surface area (Å²) in [4.78, 5) is 0. The molecule has 0 aromatic heterocycles. The van der Waals surface area contributed by atoms with Crippen LogP contribution in [0.5, 0.6) is 5.75 Å². The van der Waals surface area contributed by atoms with Gasteiger partial charge in [-0.15, -0.1) is 0 Å². The molecule has 0 amide bonds. The Hall–Kier alpha value is -0.740. The minimum atomic E-state index is -0.547. The Labute approximate surface area is 112 Å². The van der Waals surface area contributed by atoms with Crippen molar-refractivity contribution in [2.24, 2.45) is 0 Å². The molecule has 2 nitrogen and oxygen atoms in total. The molecule has 0 radical (unpaired) electrons. The molecule has 1 fully saturated rings. The van der Waals surface area contributed by atoms with Gasteiger partial charge in [-0.2, -0.15) is 11.8 Å². The maximum atomic E-state index is 13.2. The van der Waals surface area contributed by atoms with Crippen LogP contribution in [0.4, 0.5) is 4.39 Å². The molecule has 2 N–H and O–H groups in total. The molecule has 1 aliphatic rings. The average molecular weight is 269 g/mol. The van der Waals surface area contributed by atoms with Gasteiger partial charge in [0, 0.05) is 23.4 Å². The van der Waals surface area contributed by atoms with Gasteiger partial charge in [-0.3, -0.25) is 0 Å². The van der Waals surface area contributed by atoms with Crippen LogP contribution in [0.25, 0.3) is 0 Å². The van der Waals surface area contributed by atoms with Crippen LogP contribution in [0, 0.1) is 5.82 Å². The Balaban J connectivity index is 1.90. The Morgan fingerprint density at radius 1 is 1.39 bits per heavy atom. The monoisotopic (exact) mass is 269 g/mol. The zero-order chi connectivity index (χ0) is 13.0. The van der Waals surface area contributed by atoms with E-state index in [9.17, 15) is 9.50 Å². The van der Waals surface area contributed by atoms with Gasteiger partial charge in [0.05, 0.1) is 0 Å². The molecule has 1 aromatic carbocycles. The Bertz CT molecular complexity index is 405. The fourth-order valence-electron chi connectivity index (χ4n) is 2.60. The van der Waals surface area contributed by atoms with E-state index in [-0.39, 0.29) is 5.75 Å². The summed E-state index contributed by atoms with van der Waals surface area (Å²) in [5.74, 6) is -0.774. The summed E-state index contributed by atoms with van der Waals surface area (Å²) in [7, 11) is 0. The van der Waals surface area contributed by atoms with Crippen LogP contribution in [-0.2, 0) is 6.54 Å². The zero-order valence-corrected chi connectivity index (χ0v) is 11.5. The van der Waals surface area contributed by atoms with Gasteiger partial charge >= 0.3 is 0 Å². The largest absolute Gasteiger partial charge is 0.505 e. The van der Waals surface area contributed by atoms with Gasteiger partial charge in [-0.25, -0.2) is 4.39 Å². The van der Waals surface area contributed by atoms with Crippen molar-refractivity contribution in [3.8, 4) is 5.75 Å². The first-order valence-corrected chi connectivity index (χ1v) is 7.62. The van der Waals surface area contributed by atoms with Gasteiger partial charge in [0.2, 0.25) is 0 Å². The Kier molecular flexibility index (Phi) is 4.51. The second-order valence-electron chi connectivity index (χ2n) is 4.95. The van der Waals surface area contributed by atoms with E-state index in [1.807, 2.05) is 11.8 Å². The highest BCUT2D eigenvalue weighted by molar-refractivity contribution is 8.00. The number of hydrogen-bond donors (Lipinski definition) is 2. The first-order chi connectivity index (χ1) is 8.67. The van der Waals surface area contributed by atoms with Crippen molar-refractivity contribution in [3.05, 3.63) is 29.6 Å². The molecule has 0 unspecified atom stereocenters. The number of benzene rings is 1. The summed E-state index contributed by atoms with van der Waals surface area (Å²) >= 11 is 1.92. The smallest absolute Gasteiger partial charge is 0.165 e. The van der Waals surface area contributed by atoms with Crippen molar-refractivity contribution in [2.75, 3.05) is 12.8 Å². The molecule has 1 aromatic rings. The van der Waals surface area contributed by atoms with Crippen LogP contribution < -0.4 is 5.32 Å². The third-order valence-corrected chi connectivity index (χ3v) is 5.20. The van der Waals surface area contributed by atoms with E-state index in [0.29, 0.717) is 16.9 Å². The van der Waals surface area contributed by atoms with Gasteiger partial charge in [0.25, 0.3) is 0 Å². The van der Waals surface area contributed by atoms with Crippen molar-refractivity contribution in [3.63, 3.8) is 0 Å². The van der Waals surface area contributed by atoms with E-state index < -0.39 is 5.82 Å². The van der Waals surface area contributed by atoms with Crippen molar-refractivity contribution >= 4 is 11.8 Å². The fraction of sp³-hybridized carbons (Fsp3) is 0.571. The predicted molar refractivity (Wildman–Crippen MR) is 74.5 cm³/mol. The summed E-state index contributed by atoms with van der Waals surface area (Å²) in [5, 5.41) is 12.9. The SMILES string of the molecule is CSC1(CNCc2cccc(F)c2O)CCCC1. The van der Waals surface area contributed by atoms with Crippen molar-refractivity contribution in [1.82, 2.24) is 5.32 Å². The summed E-state index contributed by atoms with van der Waals surface area (Å²) in [5.41, 5.74) is 0.629. The van der Waals surface area contributed by atoms with Gasteiger partial charge in [0.1, 0.15) is 0 Å². The fourth-order valence-corrected chi connectivity index (χ4v) is 3.54. The first-order valence-electron chi connectivity index (χ1n) is 6.39. The number of para-hydroxylation sites is 1. The highest BCUT2D eigenvalue weighted by atomic mass is 32.2. The highest BCUT2D eigenvalue weighted by Crippen LogP contribution is 2.39. The summed E-state index contributed by atoms with van der Waals surface area (Å²) in [6.07, 6.45) is 7.25. The number of aromatic hydroxyl groups is 1. The Morgan fingerprint density at radius 3 is 2.78 bits per heavy atom. The van der Waals surface area contributed by atoms with E-state index in [1.165, 1.54) is 31.7 Å². The van der Waals surface area contributed by atoms with Crippen molar-refractivity contribution < 1.29 is 9.50 Å². The highest BCUT2D eigenvalue weighted by Gasteiger charge is 2.32. The number of hydrogen-bond acceptors (Lipinski definition) is 3. The van der Waals surface area contributed by atoms with E-state index in [2.05, 4.69) is 11.6 Å². The van der Waals surface area contributed by atoms with E-state index in [4.69, 9.17) is 0 Å². The lowest BCUT2D eigenvalue weighted by Crippen LogP contribution is -2.34. The number of phenolic OH excluding ortho intramolecular Hbond substituents is 1. The molecule has 100 valence electrons. The molecular formula is C14H20FNOS. The molecule has 0 saturated heterocycles. The minimum absolute atomic E-state index is 0.227. The molecule has 0 bridgehead atoms. The summed E-state index contributed by atoms with van der Waals surface area (Å²) in [6, 6.07) is 4.66. The molecule has 1 aliphatic carbocycles. The molecule has 4 heteroatoms. The van der Waals surface area contributed by atoms with Crippen LogP contribution in [-0.4, -0.2) is 22.7 Å². The summed E-state index contributed by atoms with van der Waals surface area (Å²) < 4.78 is 13.5. The predicted octanol–water partition coefficient (Wildman–Crippen LogP) is 3.30. The molecular weight excluding hydrogens is 249 g/mol. The number of phenols is 1. The van der Waals surface area contributed by atoms with E-state index >= 15 is 0 Å².